The van der Waals surface area contributed by atoms with Crippen molar-refractivity contribution in [2.75, 3.05) is 25.6 Å². The van der Waals surface area contributed by atoms with Crippen molar-refractivity contribution >= 4 is 21.6 Å². The van der Waals surface area contributed by atoms with Gasteiger partial charge in [0.1, 0.15) is 0 Å². The first-order valence-electron chi connectivity index (χ1n) is 3.16. The minimum atomic E-state index is 1.23. The minimum absolute atomic E-state index is 1.23. The lowest BCUT2D eigenvalue weighted by Crippen LogP contribution is -1.89. The van der Waals surface area contributed by atoms with Gasteiger partial charge in [0.25, 0.3) is 0 Å². The molecule has 0 aliphatic heterocycles. The van der Waals surface area contributed by atoms with E-state index in [4.69, 9.17) is 0 Å². The Balaban J connectivity index is 0. The van der Waals surface area contributed by atoms with Gasteiger partial charge in [0.2, 0.25) is 0 Å². The average Bonchev–Trinajstić information content (AvgIpc) is 1.86. The van der Waals surface area contributed by atoms with Crippen LogP contribution in [-0.2, 0) is 0 Å². The van der Waals surface area contributed by atoms with Crippen molar-refractivity contribution < 1.29 is 0 Å². The van der Waals surface area contributed by atoms with Crippen molar-refractivity contribution in [2.45, 2.75) is 13.8 Å². The molecule has 0 atom stereocenters. The van der Waals surface area contributed by atoms with Gasteiger partial charge in [0.15, 0.2) is 0 Å². The summed E-state index contributed by atoms with van der Waals surface area (Å²) in [6.07, 6.45) is 0. The van der Waals surface area contributed by atoms with Crippen LogP contribution in [0.4, 0.5) is 0 Å². The maximum absolute atomic E-state index is 2.75. The van der Waals surface area contributed by atoms with Gasteiger partial charge < -0.3 is 5.32 Å². The molecule has 0 spiro atoms. The van der Waals surface area contributed by atoms with Crippen LogP contribution in [0.5, 0.6) is 0 Å². The molecule has 3 heteroatoms. The predicted octanol–water partition coefficient (Wildman–Crippen LogP) is 2.24. The summed E-state index contributed by atoms with van der Waals surface area (Å²) < 4.78 is 0. The summed E-state index contributed by atoms with van der Waals surface area (Å²) >= 11 is 0. The van der Waals surface area contributed by atoms with Crippen LogP contribution in [0.25, 0.3) is 0 Å². The van der Waals surface area contributed by atoms with Gasteiger partial charge >= 0.3 is 0 Å². The summed E-state index contributed by atoms with van der Waals surface area (Å²) in [6.45, 7) is 4.35. The fraction of sp³-hybridized carbons (Fsp3) is 1.00. The summed E-state index contributed by atoms with van der Waals surface area (Å²) in [5.41, 5.74) is 0. The van der Waals surface area contributed by atoms with Gasteiger partial charge in [0.05, 0.1) is 0 Å². The zero-order valence-corrected chi connectivity index (χ0v) is 8.36. The second-order valence-electron chi connectivity index (χ2n) is 1.31. The maximum atomic E-state index is 2.75. The monoisotopic (exact) mass is 167 g/mol. The minimum Gasteiger partial charge on any atom is -0.323 e. The summed E-state index contributed by atoms with van der Waals surface area (Å²) in [4.78, 5) is 0. The second kappa shape index (κ2) is 15.9. The Kier molecular flexibility index (Phi) is 21.8. The van der Waals surface area contributed by atoms with E-state index in [0.29, 0.717) is 0 Å². The van der Waals surface area contributed by atoms with E-state index < -0.39 is 0 Å². The third-order valence-electron chi connectivity index (χ3n) is 0.319. The first-order chi connectivity index (χ1) is 4.33. The second-order valence-corrected chi connectivity index (χ2v) is 4.35. The van der Waals surface area contributed by atoms with Crippen molar-refractivity contribution in [1.82, 2.24) is 5.32 Å². The van der Waals surface area contributed by atoms with E-state index in [0.717, 1.165) is 0 Å². The van der Waals surface area contributed by atoms with Gasteiger partial charge in [-0.2, -0.15) is 0 Å². The highest BCUT2D eigenvalue weighted by atomic mass is 33.1. The zero-order chi connectivity index (χ0) is 7.54. The smallest absolute Gasteiger partial charge is 0.000844 e. The van der Waals surface area contributed by atoms with Crippen LogP contribution in [0.1, 0.15) is 13.8 Å². The molecule has 0 aliphatic carbocycles. The molecular weight excluding hydrogens is 150 g/mol. The topological polar surface area (TPSA) is 12.0 Å². The normalized spacial score (nSPS) is 8.00. The first kappa shape index (κ1) is 12.3. The molecule has 0 aromatic carbocycles. The van der Waals surface area contributed by atoms with Crippen LogP contribution in [0.3, 0.4) is 0 Å². The van der Waals surface area contributed by atoms with E-state index in [-0.39, 0.29) is 0 Å². The van der Waals surface area contributed by atoms with Crippen LogP contribution in [0.2, 0.25) is 0 Å². The third kappa shape index (κ3) is 28.7. The van der Waals surface area contributed by atoms with E-state index in [1.807, 2.05) is 35.7 Å². The molecule has 1 nitrogen and oxygen atoms in total. The molecule has 0 saturated carbocycles. The Morgan fingerprint density at radius 2 is 1.22 bits per heavy atom. The van der Waals surface area contributed by atoms with Crippen LogP contribution in [0, 0.1) is 0 Å². The highest BCUT2D eigenvalue weighted by molar-refractivity contribution is 8.76. The summed E-state index contributed by atoms with van der Waals surface area (Å²) in [5.74, 6) is 2.47. The molecule has 9 heavy (non-hydrogen) atoms. The standard InChI is InChI=1S/C4H10S2.C2H7N/c1-3-5-6-4-2;1-3-2/h3-4H2,1-2H3;3H,1-2H3. The maximum Gasteiger partial charge on any atom is 0.000844 e. The van der Waals surface area contributed by atoms with Gasteiger partial charge in [-0.15, -0.1) is 0 Å². The lowest BCUT2D eigenvalue weighted by atomic mass is 11.0. The molecule has 0 aromatic heterocycles. The fourth-order valence-corrected chi connectivity index (χ4v) is 1.50. The van der Waals surface area contributed by atoms with Crippen LogP contribution in [-0.4, -0.2) is 25.6 Å². The van der Waals surface area contributed by atoms with Crippen LogP contribution in [0.15, 0.2) is 0 Å². The summed E-state index contributed by atoms with van der Waals surface area (Å²) in [7, 11) is 7.60. The first-order valence-corrected chi connectivity index (χ1v) is 5.65. The number of nitrogens with one attached hydrogen (secondary N) is 1. The molecule has 0 heterocycles. The van der Waals surface area contributed by atoms with Crippen molar-refractivity contribution in [3.8, 4) is 0 Å². The van der Waals surface area contributed by atoms with Gasteiger partial charge in [-0.05, 0) is 14.1 Å². The fourth-order valence-electron chi connectivity index (χ4n) is 0.167. The van der Waals surface area contributed by atoms with Crippen molar-refractivity contribution in [1.29, 1.82) is 0 Å². The van der Waals surface area contributed by atoms with E-state index in [1.54, 1.807) is 0 Å². The van der Waals surface area contributed by atoms with Crippen LogP contribution >= 0.6 is 21.6 Å². The molecule has 0 saturated heterocycles. The Bertz CT molecular complexity index is 30.2. The van der Waals surface area contributed by atoms with Crippen molar-refractivity contribution in [2.24, 2.45) is 0 Å². The molecule has 0 unspecified atom stereocenters. The molecule has 0 amide bonds. The average molecular weight is 167 g/mol. The van der Waals surface area contributed by atoms with Gasteiger partial charge in [0, 0.05) is 11.5 Å². The van der Waals surface area contributed by atoms with E-state index in [2.05, 4.69) is 19.2 Å². The highest BCUT2D eigenvalue weighted by Crippen LogP contribution is 2.18. The number of rotatable bonds is 3. The molecule has 0 aromatic rings. The molecule has 58 valence electrons. The largest absolute Gasteiger partial charge is 0.323 e. The highest BCUT2D eigenvalue weighted by Gasteiger charge is 1.75. The van der Waals surface area contributed by atoms with E-state index in [1.165, 1.54) is 11.5 Å². The molecule has 1 N–H and O–H groups in total. The Morgan fingerprint density at radius 1 is 1.00 bits per heavy atom. The molecule has 0 rings (SSSR count). The Labute approximate surface area is 66.8 Å². The third-order valence-corrected chi connectivity index (χ3v) is 2.87. The predicted molar refractivity (Wildman–Crippen MR) is 51.2 cm³/mol. The van der Waals surface area contributed by atoms with Crippen LogP contribution < -0.4 is 5.32 Å². The Morgan fingerprint density at radius 3 is 1.33 bits per heavy atom. The van der Waals surface area contributed by atoms with Gasteiger partial charge in [-0.1, -0.05) is 35.4 Å². The molecular formula is C6H17NS2. The lowest BCUT2D eigenvalue weighted by molar-refractivity contribution is 1.02. The van der Waals surface area contributed by atoms with Gasteiger partial charge in [-0.3, -0.25) is 0 Å². The quantitative estimate of drug-likeness (QED) is 0.511. The summed E-state index contributed by atoms with van der Waals surface area (Å²) in [6, 6.07) is 0. The molecule has 0 radical (unpaired) electrons. The van der Waals surface area contributed by atoms with Gasteiger partial charge in [-0.25, -0.2) is 0 Å². The number of hydrogen-bond donors (Lipinski definition) is 1. The lowest BCUT2D eigenvalue weighted by Gasteiger charge is -1.86. The summed E-state index contributed by atoms with van der Waals surface area (Å²) in [5, 5.41) is 2.75. The van der Waals surface area contributed by atoms with Crippen molar-refractivity contribution in [3.05, 3.63) is 0 Å². The SMILES string of the molecule is CCSSCC.CNC. The number of hydrogen-bond acceptors (Lipinski definition) is 3. The Hall–Kier alpha value is 0.660. The molecule has 0 bridgehead atoms. The zero-order valence-electron chi connectivity index (χ0n) is 6.73. The van der Waals surface area contributed by atoms with E-state index >= 15 is 0 Å². The van der Waals surface area contributed by atoms with E-state index in [9.17, 15) is 0 Å². The van der Waals surface area contributed by atoms with Crippen molar-refractivity contribution in [3.63, 3.8) is 0 Å². The molecule has 0 fully saturated rings. The molecule has 0 aliphatic rings.